The van der Waals surface area contributed by atoms with Crippen LogP contribution in [0.5, 0.6) is 5.88 Å². The van der Waals surface area contributed by atoms with Crippen LogP contribution >= 0.6 is 12.2 Å². The van der Waals surface area contributed by atoms with Crippen molar-refractivity contribution in [1.29, 1.82) is 0 Å². The second kappa shape index (κ2) is 3.96. The molecule has 2 aromatic rings. The second-order valence-electron chi connectivity index (χ2n) is 4.11. The van der Waals surface area contributed by atoms with Crippen molar-refractivity contribution >= 4 is 35.3 Å². The summed E-state index contributed by atoms with van der Waals surface area (Å²) in [6.45, 7) is 1.95. The predicted molar refractivity (Wildman–Crippen MR) is 74.7 cm³/mol. The highest BCUT2D eigenvalue weighted by molar-refractivity contribution is 7.71. The highest BCUT2D eigenvalue weighted by Gasteiger charge is 2.17. The zero-order valence-corrected chi connectivity index (χ0v) is 10.5. The summed E-state index contributed by atoms with van der Waals surface area (Å²) in [6.07, 6.45) is 1.85. The van der Waals surface area contributed by atoms with Gasteiger partial charge >= 0.3 is 0 Å². The van der Waals surface area contributed by atoms with Gasteiger partial charge in [0.25, 0.3) is 0 Å². The number of aromatic hydroxyl groups is 1. The number of aromatic nitrogens is 2. The van der Waals surface area contributed by atoms with Crippen molar-refractivity contribution in [3.63, 3.8) is 0 Å². The van der Waals surface area contributed by atoms with Gasteiger partial charge in [-0.15, -0.1) is 0 Å². The number of H-pyrrole nitrogens is 2. The van der Waals surface area contributed by atoms with Crippen molar-refractivity contribution in [1.82, 2.24) is 9.97 Å². The van der Waals surface area contributed by atoms with E-state index in [9.17, 15) is 5.11 Å². The molecule has 2 heterocycles. The molecule has 5 heteroatoms. The summed E-state index contributed by atoms with van der Waals surface area (Å²) in [4.78, 5) is 10.0. The summed E-state index contributed by atoms with van der Waals surface area (Å²) in [7, 11) is 0. The number of nitrogens with one attached hydrogen (secondary N) is 2. The lowest BCUT2D eigenvalue weighted by molar-refractivity contribution is 0.455. The SMILES string of the molecule is CC1=Nc2ccccc2/C1=C\c1[nH]c(=S)[nH]c1O. The molecule has 90 valence electrons. The van der Waals surface area contributed by atoms with E-state index in [4.69, 9.17) is 12.2 Å². The van der Waals surface area contributed by atoms with Crippen molar-refractivity contribution in [3.05, 3.63) is 40.3 Å². The van der Waals surface area contributed by atoms with E-state index in [2.05, 4.69) is 15.0 Å². The molecule has 0 saturated heterocycles. The Balaban J connectivity index is 2.16. The van der Waals surface area contributed by atoms with Crippen molar-refractivity contribution in [2.45, 2.75) is 6.92 Å². The molecule has 0 amide bonds. The van der Waals surface area contributed by atoms with Gasteiger partial charge in [0.05, 0.1) is 5.69 Å². The molecule has 0 saturated carbocycles. The first-order chi connectivity index (χ1) is 8.65. The Morgan fingerprint density at radius 3 is 2.78 bits per heavy atom. The van der Waals surface area contributed by atoms with Gasteiger partial charge < -0.3 is 15.1 Å². The lowest BCUT2D eigenvalue weighted by Gasteiger charge is -2.00. The van der Waals surface area contributed by atoms with E-state index in [1.54, 1.807) is 0 Å². The zero-order chi connectivity index (χ0) is 12.7. The molecular formula is C13H11N3OS. The molecule has 0 radical (unpaired) electrons. The maximum atomic E-state index is 9.69. The maximum Gasteiger partial charge on any atom is 0.215 e. The van der Waals surface area contributed by atoms with Gasteiger partial charge in [-0.3, -0.25) is 4.99 Å². The standard InChI is InChI=1S/C13H11N3OS/c1-7-9(6-11-12(17)16-13(18)15-11)8-4-2-3-5-10(8)14-7/h2-6,17H,1H3,(H2,15,16,18)/b9-6-. The maximum absolute atomic E-state index is 9.69. The van der Waals surface area contributed by atoms with Gasteiger partial charge in [0, 0.05) is 16.8 Å². The Labute approximate surface area is 109 Å². The average molecular weight is 257 g/mol. The highest BCUT2D eigenvalue weighted by Crippen LogP contribution is 2.35. The van der Waals surface area contributed by atoms with Crippen LogP contribution in [0.2, 0.25) is 0 Å². The van der Waals surface area contributed by atoms with Crippen molar-refractivity contribution < 1.29 is 5.11 Å². The van der Waals surface area contributed by atoms with E-state index < -0.39 is 0 Å². The van der Waals surface area contributed by atoms with Gasteiger partial charge in [-0.1, -0.05) is 18.2 Å². The fourth-order valence-corrected chi connectivity index (χ4v) is 2.26. The Hall–Kier alpha value is -2.14. The Morgan fingerprint density at radius 1 is 1.28 bits per heavy atom. The van der Waals surface area contributed by atoms with Gasteiger partial charge in [-0.25, -0.2) is 0 Å². The minimum atomic E-state index is 0.0460. The smallest absolute Gasteiger partial charge is 0.215 e. The third-order valence-electron chi connectivity index (χ3n) is 2.90. The molecule has 1 aromatic carbocycles. The van der Waals surface area contributed by atoms with Crippen molar-refractivity contribution in [2.75, 3.05) is 0 Å². The fraction of sp³-hybridized carbons (Fsp3) is 0.0769. The molecule has 1 aliphatic rings. The van der Waals surface area contributed by atoms with Gasteiger partial charge in [0.1, 0.15) is 5.69 Å². The molecular weight excluding hydrogens is 246 g/mol. The topological polar surface area (TPSA) is 64.2 Å². The molecule has 0 atom stereocenters. The van der Waals surface area contributed by atoms with Crippen molar-refractivity contribution in [3.8, 4) is 5.88 Å². The molecule has 3 rings (SSSR count). The predicted octanol–water partition coefficient (Wildman–Crippen LogP) is 3.42. The van der Waals surface area contributed by atoms with Crippen molar-refractivity contribution in [2.24, 2.45) is 4.99 Å². The highest BCUT2D eigenvalue weighted by atomic mass is 32.1. The third kappa shape index (κ3) is 1.69. The van der Waals surface area contributed by atoms with E-state index in [-0.39, 0.29) is 5.88 Å². The van der Waals surface area contributed by atoms with Crippen LogP contribution in [0, 0.1) is 4.77 Å². The number of aromatic amines is 2. The zero-order valence-electron chi connectivity index (χ0n) is 9.69. The first-order valence-corrected chi connectivity index (χ1v) is 5.94. The number of hydrogen-bond acceptors (Lipinski definition) is 3. The van der Waals surface area contributed by atoms with Crippen LogP contribution in [0.3, 0.4) is 0 Å². The van der Waals surface area contributed by atoms with Gasteiger partial charge in [0.2, 0.25) is 5.88 Å². The number of fused-ring (bicyclic) bond motifs is 1. The number of hydrogen-bond donors (Lipinski definition) is 3. The molecule has 1 aliphatic heterocycles. The first kappa shape index (κ1) is 11.0. The molecule has 1 aromatic heterocycles. The summed E-state index contributed by atoms with van der Waals surface area (Å²) < 4.78 is 0.403. The molecule has 0 aliphatic carbocycles. The molecule has 0 fully saturated rings. The lowest BCUT2D eigenvalue weighted by Crippen LogP contribution is -1.90. The summed E-state index contributed by atoms with van der Waals surface area (Å²) in [5, 5.41) is 9.69. The number of imidazole rings is 1. The number of benzene rings is 1. The summed E-state index contributed by atoms with van der Waals surface area (Å²) in [5.74, 6) is 0.0460. The summed E-state index contributed by atoms with van der Waals surface area (Å²) in [6, 6.07) is 7.91. The number of nitrogens with zero attached hydrogens (tertiary/aromatic N) is 1. The Kier molecular flexibility index (Phi) is 2.41. The molecule has 0 bridgehead atoms. The molecule has 0 spiro atoms. The summed E-state index contributed by atoms with van der Waals surface area (Å²) >= 11 is 4.94. The Morgan fingerprint density at radius 2 is 2.06 bits per heavy atom. The van der Waals surface area contributed by atoms with Crippen LogP contribution < -0.4 is 0 Å². The van der Waals surface area contributed by atoms with Gasteiger partial charge in [0.15, 0.2) is 4.77 Å². The van der Waals surface area contributed by atoms with Crippen LogP contribution in [-0.4, -0.2) is 20.8 Å². The number of aliphatic imine (C=N–C) groups is 1. The van der Waals surface area contributed by atoms with Crippen LogP contribution in [0.15, 0.2) is 29.3 Å². The van der Waals surface area contributed by atoms with Crippen LogP contribution in [0.1, 0.15) is 18.2 Å². The monoisotopic (exact) mass is 257 g/mol. The third-order valence-corrected chi connectivity index (χ3v) is 3.10. The fourth-order valence-electron chi connectivity index (χ4n) is 2.05. The van der Waals surface area contributed by atoms with Gasteiger partial charge in [-0.05, 0) is 31.3 Å². The van der Waals surface area contributed by atoms with Gasteiger partial charge in [-0.2, -0.15) is 0 Å². The number of para-hydroxylation sites is 1. The summed E-state index contributed by atoms with van der Waals surface area (Å²) in [5.41, 5.74) is 4.51. The first-order valence-electron chi connectivity index (χ1n) is 5.53. The second-order valence-corrected chi connectivity index (χ2v) is 4.52. The quantitative estimate of drug-likeness (QED) is 0.685. The van der Waals surface area contributed by atoms with E-state index in [0.29, 0.717) is 10.5 Å². The molecule has 3 N–H and O–H groups in total. The van der Waals surface area contributed by atoms with E-state index in [1.165, 1.54) is 0 Å². The number of allylic oxidation sites excluding steroid dienone is 1. The van der Waals surface area contributed by atoms with Crippen LogP contribution in [0.4, 0.5) is 5.69 Å². The largest absolute Gasteiger partial charge is 0.493 e. The minimum Gasteiger partial charge on any atom is -0.493 e. The number of rotatable bonds is 1. The van der Waals surface area contributed by atoms with Crippen LogP contribution in [0.25, 0.3) is 11.6 Å². The normalized spacial score (nSPS) is 15.8. The molecule has 0 unspecified atom stereocenters. The average Bonchev–Trinajstić information content (AvgIpc) is 2.81. The van der Waals surface area contributed by atoms with E-state index in [1.807, 2.05) is 37.3 Å². The van der Waals surface area contributed by atoms with E-state index in [0.717, 1.165) is 22.5 Å². The minimum absolute atomic E-state index is 0.0460. The van der Waals surface area contributed by atoms with E-state index >= 15 is 0 Å². The molecule has 18 heavy (non-hydrogen) atoms. The molecule has 4 nitrogen and oxygen atoms in total. The van der Waals surface area contributed by atoms with Crippen LogP contribution in [-0.2, 0) is 0 Å². The Bertz CT molecular complexity index is 737. The lowest BCUT2D eigenvalue weighted by atomic mass is 10.0.